The van der Waals surface area contributed by atoms with Crippen molar-refractivity contribution in [2.75, 3.05) is 0 Å². The van der Waals surface area contributed by atoms with Crippen molar-refractivity contribution in [3.63, 3.8) is 0 Å². The van der Waals surface area contributed by atoms with Gasteiger partial charge >= 0.3 is 5.91 Å². The summed E-state index contributed by atoms with van der Waals surface area (Å²) in [6, 6.07) is 10.6. The summed E-state index contributed by atoms with van der Waals surface area (Å²) in [4.78, 5) is 12.5. The van der Waals surface area contributed by atoms with E-state index in [-0.39, 0.29) is 18.3 Å². The first-order chi connectivity index (χ1) is 15.0. The molecule has 0 spiro atoms. The van der Waals surface area contributed by atoms with Gasteiger partial charge in [-0.2, -0.15) is 5.10 Å². The van der Waals surface area contributed by atoms with E-state index in [1.54, 1.807) is 24.3 Å². The first-order valence-electron chi connectivity index (χ1n) is 11.3. The van der Waals surface area contributed by atoms with Crippen LogP contribution in [0.2, 0.25) is 5.02 Å². The van der Waals surface area contributed by atoms with Crippen molar-refractivity contribution in [3.05, 3.63) is 52.9 Å². The topological polar surface area (TPSA) is 63.8 Å². The molecule has 4 saturated carbocycles. The van der Waals surface area contributed by atoms with Gasteiger partial charge in [-0.15, -0.1) is 0 Å². The molecule has 4 aliphatic carbocycles. The van der Waals surface area contributed by atoms with Crippen molar-refractivity contribution in [1.29, 1.82) is 0 Å². The summed E-state index contributed by atoms with van der Waals surface area (Å²) in [7, 11) is 0. The van der Waals surface area contributed by atoms with E-state index in [4.69, 9.17) is 20.8 Å². The Bertz CT molecular complexity index is 961. The van der Waals surface area contributed by atoms with Crippen molar-refractivity contribution < 1.29 is 13.9 Å². The highest BCUT2D eigenvalue weighted by Gasteiger charge is 2.50. The number of carbonyl (C=O) groups is 1. The van der Waals surface area contributed by atoms with E-state index in [0.717, 1.165) is 29.9 Å². The number of nitrogens with one attached hydrogen (secondary N) is 1. The predicted molar refractivity (Wildman–Crippen MR) is 120 cm³/mol. The van der Waals surface area contributed by atoms with Crippen LogP contribution in [0.3, 0.4) is 0 Å². The third-order valence-corrected chi connectivity index (χ3v) is 7.55. The Morgan fingerprint density at radius 3 is 2.48 bits per heavy atom. The Kier molecular flexibility index (Phi) is 5.55. The number of hydrazone groups is 1. The van der Waals surface area contributed by atoms with Gasteiger partial charge in [-0.05, 0) is 99.3 Å². The number of ether oxygens (including phenoxy) is 1. The molecule has 0 atom stereocenters. The number of hydrogen-bond donors (Lipinski definition) is 1. The number of carbonyl (C=O) groups excluding carboxylic acids is 1. The molecule has 0 radical (unpaired) electrons. The Balaban J connectivity index is 1.15. The maximum atomic E-state index is 12.5. The molecule has 1 N–H and O–H groups in total. The summed E-state index contributed by atoms with van der Waals surface area (Å²) in [5, 5.41) is 4.94. The normalized spacial score (nSPS) is 29.2. The van der Waals surface area contributed by atoms with Crippen LogP contribution in [0.1, 0.15) is 68.2 Å². The van der Waals surface area contributed by atoms with Crippen LogP contribution in [-0.4, -0.2) is 11.6 Å². The third kappa shape index (κ3) is 4.52. The lowest BCUT2D eigenvalue weighted by Gasteiger charge is -2.57. The largest absolute Gasteiger partial charge is 0.484 e. The van der Waals surface area contributed by atoms with E-state index in [1.807, 2.05) is 19.1 Å². The molecule has 31 heavy (non-hydrogen) atoms. The molecule has 1 amide bonds. The molecule has 1 aromatic carbocycles. The maximum absolute atomic E-state index is 12.5. The monoisotopic (exact) mass is 440 g/mol. The second-order valence-corrected chi connectivity index (χ2v) is 10.3. The van der Waals surface area contributed by atoms with E-state index in [0.29, 0.717) is 21.9 Å². The minimum Gasteiger partial charge on any atom is -0.484 e. The van der Waals surface area contributed by atoms with E-state index in [1.165, 1.54) is 38.5 Å². The van der Waals surface area contributed by atoms with Gasteiger partial charge < -0.3 is 9.15 Å². The second-order valence-electron chi connectivity index (χ2n) is 9.87. The van der Waals surface area contributed by atoms with Gasteiger partial charge in [0.15, 0.2) is 5.76 Å². The van der Waals surface area contributed by atoms with E-state index < -0.39 is 0 Å². The highest BCUT2D eigenvalue weighted by molar-refractivity contribution is 6.32. The van der Waals surface area contributed by atoms with Crippen LogP contribution in [0.4, 0.5) is 0 Å². The maximum Gasteiger partial charge on any atom is 0.307 e. The fourth-order valence-electron chi connectivity index (χ4n) is 6.58. The molecule has 0 aliphatic heterocycles. The fraction of sp³-hybridized carbons (Fsp3) is 0.520. The molecule has 4 aliphatic rings. The summed E-state index contributed by atoms with van der Waals surface area (Å²) in [5.41, 5.74) is 4.09. The molecule has 164 valence electrons. The molecular formula is C25H29ClN2O3. The molecular weight excluding hydrogens is 412 g/mol. The average molecular weight is 441 g/mol. The molecule has 5 nitrogen and oxygen atoms in total. The zero-order chi connectivity index (χ0) is 21.4. The predicted octanol–water partition coefficient (Wildman–Crippen LogP) is 6.22. The van der Waals surface area contributed by atoms with Gasteiger partial charge in [0.25, 0.3) is 0 Å². The Morgan fingerprint density at radius 2 is 1.81 bits per heavy atom. The number of hydrogen-bond acceptors (Lipinski definition) is 4. The first kappa shape index (κ1) is 20.6. The molecule has 1 aromatic heterocycles. The standard InChI is InChI=1S/C25H29ClN2O3/c1-16(11-25-12-17-8-18(13-25)10-19(9-17)14-25)27-28-24(29)23-7-6-20(31-23)15-30-22-5-3-2-4-21(22)26/h2-7,17-19H,8-15H2,1H3,(H,28,29)/b27-16-. The molecule has 6 heteroatoms. The van der Waals surface area contributed by atoms with Gasteiger partial charge in [0.1, 0.15) is 18.1 Å². The number of amides is 1. The van der Waals surface area contributed by atoms with Crippen molar-refractivity contribution >= 4 is 23.2 Å². The zero-order valence-corrected chi connectivity index (χ0v) is 18.7. The summed E-state index contributed by atoms with van der Waals surface area (Å²) in [6.07, 6.45) is 9.33. The van der Waals surface area contributed by atoms with Gasteiger partial charge in [-0.1, -0.05) is 23.7 Å². The van der Waals surface area contributed by atoms with Crippen molar-refractivity contribution in [1.82, 2.24) is 5.43 Å². The first-order valence-corrected chi connectivity index (χ1v) is 11.7. The van der Waals surface area contributed by atoms with Gasteiger partial charge in [0.2, 0.25) is 0 Å². The highest BCUT2D eigenvalue weighted by Crippen LogP contribution is 2.61. The third-order valence-electron chi connectivity index (χ3n) is 7.24. The van der Waals surface area contributed by atoms with E-state index >= 15 is 0 Å². The SMILES string of the molecule is C/C(CC12CC3CC(CC(C3)C1)C2)=N/NC(=O)c1ccc(COc2ccccc2Cl)o1. The number of para-hydroxylation sites is 1. The van der Waals surface area contributed by atoms with Crippen LogP contribution >= 0.6 is 11.6 Å². The van der Waals surface area contributed by atoms with Crippen LogP contribution in [-0.2, 0) is 6.61 Å². The minimum absolute atomic E-state index is 0.200. The Morgan fingerprint density at radius 1 is 1.13 bits per heavy atom. The summed E-state index contributed by atoms with van der Waals surface area (Å²) >= 11 is 6.09. The second kappa shape index (κ2) is 8.34. The lowest BCUT2D eigenvalue weighted by atomic mass is 9.48. The molecule has 0 saturated heterocycles. The van der Waals surface area contributed by atoms with Crippen LogP contribution in [0.5, 0.6) is 5.75 Å². The van der Waals surface area contributed by atoms with Gasteiger partial charge in [0, 0.05) is 5.71 Å². The Hall–Kier alpha value is -2.27. The summed E-state index contributed by atoms with van der Waals surface area (Å²) in [5.74, 6) is 3.78. The van der Waals surface area contributed by atoms with Crippen molar-refractivity contribution in [3.8, 4) is 5.75 Å². The van der Waals surface area contributed by atoms with Gasteiger partial charge in [-0.3, -0.25) is 4.79 Å². The van der Waals surface area contributed by atoms with Crippen LogP contribution in [0.15, 0.2) is 45.9 Å². The Labute approximate surface area is 188 Å². The molecule has 2 aromatic rings. The molecule has 6 rings (SSSR count). The number of benzene rings is 1. The lowest BCUT2D eigenvalue weighted by Crippen LogP contribution is -2.46. The van der Waals surface area contributed by atoms with Crippen LogP contribution in [0.25, 0.3) is 0 Å². The van der Waals surface area contributed by atoms with Crippen molar-refractivity contribution in [2.45, 2.75) is 58.5 Å². The quantitative estimate of drug-likeness (QED) is 0.410. The van der Waals surface area contributed by atoms with Crippen molar-refractivity contribution in [2.24, 2.45) is 28.3 Å². The smallest absolute Gasteiger partial charge is 0.307 e. The van der Waals surface area contributed by atoms with Gasteiger partial charge in [0.05, 0.1) is 5.02 Å². The molecule has 0 unspecified atom stereocenters. The van der Waals surface area contributed by atoms with E-state index in [9.17, 15) is 4.79 Å². The highest BCUT2D eigenvalue weighted by atomic mass is 35.5. The minimum atomic E-state index is -0.339. The van der Waals surface area contributed by atoms with Gasteiger partial charge in [-0.25, -0.2) is 5.43 Å². The number of rotatable bonds is 7. The average Bonchev–Trinajstić information content (AvgIpc) is 3.19. The number of halogens is 1. The molecule has 4 fully saturated rings. The van der Waals surface area contributed by atoms with E-state index in [2.05, 4.69) is 10.5 Å². The zero-order valence-electron chi connectivity index (χ0n) is 17.9. The number of furan rings is 1. The number of nitrogens with zero attached hydrogens (tertiary/aromatic N) is 1. The van der Waals surface area contributed by atoms with Crippen LogP contribution < -0.4 is 10.2 Å². The molecule has 4 bridgehead atoms. The summed E-state index contributed by atoms with van der Waals surface area (Å²) < 4.78 is 11.3. The lowest BCUT2D eigenvalue weighted by molar-refractivity contribution is -0.0482. The summed E-state index contributed by atoms with van der Waals surface area (Å²) in [6.45, 7) is 2.23. The fourth-order valence-corrected chi connectivity index (χ4v) is 6.77. The van der Waals surface area contributed by atoms with Crippen LogP contribution in [0, 0.1) is 23.2 Å². The molecule has 1 heterocycles.